The molecule has 0 aliphatic carbocycles. The van der Waals surface area contributed by atoms with Crippen LogP contribution in [0.3, 0.4) is 0 Å². The van der Waals surface area contributed by atoms with Gasteiger partial charge in [0.25, 0.3) is 0 Å². The van der Waals surface area contributed by atoms with Gasteiger partial charge in [0, 0.05) is 32.1 Å². The Morgan fingerprint density at radius 3 is 2.62 bits per heavy atom. The van der Waals surface area contributed by atoms with Gasteiger partial charge in [0.15, 0.2) is 0 Å². The zero-order chi connectivity index (χ0) is 17.5. The molecule has 1 atom stereocenters. The van der Waals surface area contributed by atoms with Crippen molar-refractivity contribution in [1.82, 2.24) is 9.80 Å². The van der Waals surface area contributed by atoms with Crippen molar-refractivity contribution in [3.8, 4) is 5.75 Å². The van der Waals surface area contributed by atoms with Gasteiger partial charge in [-0.15, -0.1) is 0 Å². The van der Waals surface area contributed by atoms with Gasteiger partial charge in [-0.25, -0.2) is 0 Å². The van der Waals surface area contributed by atoms with E-state index >= 15 is 0 Å². The van der Waals surface area contributed by atoms with E-state index in [0.29, 0.717) is 19.0 Å². The van der Waals surface area contributed by atoms with E-state index in [9.17, 15) is 4.79 Å². The summed E-state index contributed by atoms with van der Waals surface area (Å²) < 4.78 is 5.19. The minimum atomic E-state index is 0.264. The number of carbonyl (C=O) groups is 1. The summed E-state index contributed by atoms with van der Waals surface area (Å²) in [5.41, 5.74) is 2.33. The molecule has 1 aromatic rings. The van der Waals surface area contributed by atoms with Crippen molar-refractivity contribution in [2.24, 2.45) is 0 Å². The molecule has 1 heterocycles. The fraction of sp³-hybridized carbons (Fsp3) is 0.550. The van der Waals surface area contributed by atoms with Crippen molar-refractivity contribution in [1.29, 1.82) is 0 Å². The molecule has 1 fully saturated rings. The summed E-state index contributed by atoms with van der Waals surface area (Å²) >= 11 is 0. The summed E-state index contributed by atoms with van der Waals surface area (Å²) in [6.45, 7) is 11.7. The lowest BCUT2D eigenvalue weighted by molar-refractivity contribution is -0.131. The van der Waals surface area contributed by atoms with Gasteiger partial charge in [-0.2, -0.15) is 0 Å². The number of hydrogen-bond donors (Lipinski definition) is 0. The van der Waals surface area contributed by atoms with Gasteiger partial charge in [-0.05, 0) is 44.0 Å². The van der Waals surface area contributed by atoms with Gasteiger partial charge >= 0.3 is 0 Å². The molecule has 0 aromatic heterocycles. The Kier molecular flexibility index (Phi) is 6.85. The molecule has 0 bridgehead atoms. The predicted molar refractivity (Wildman–Crippen MR) is 98.1 cm³/mol. The van der Waals surface area contributed by atoms with E-state index in [1.165, 1.54) is 5.57 Å². The molecule has 1 aromatic carbocycles. The predicted octanol–water partition coefficient (Wildman–Crippen LogP) is 3.47. The number of hydrogen-bond acceptors (Lipinski definition) is 3. The molecule has 0 N–H and O–H groups in total. The van der Waals surface area contributed by atoms with Gasteiger partial charge in [-0.1, -0.05) is 31.2 Å². The van der Waals surface area contributed by atoms with Crippen LogP contribution in [-0.4, -0.2) is 48.5 Å². The number of likely N-dealkylation sites (N-methyl/N-ethyl adjacent to an activating group) is 1. The smallest absolute Gasteiger partial charge is 0.222 e. The van der Waals surface area contributed by atoms with E-state index in [0.717, 1.165) is 43.8 Å². The highest BCUT2D eigenvalue weighted by Gasteiger charge is 2.25. The largest absolute Gasteiger partial charge is 0.497 e. The van der Waals surface area contributed by atoms with Gasteiger partial charge < -0.3 is 9.64 Å². The minimum Gasteiger partial charge on any atom is -0.497 e. The molecule has 0 saturated carbocycles. The Bertz CT molecular complexity index is 553. The Hall–Kier alpha value is -1.81. The molecule has 1 saturated heterocycles. The van der Waals surface area contributed by atoms with Gasteiger partial charge in [-0.3, -0.25) is 9.69 Å². The maximum atomic E-state index is 12.5. The molecule has 0 spiro atoms. The number of methoxy groups -OCH3 is 1. The van der Waals surface area contributed by atoms with Crippen LogP contribution in [0, 0.1) is 0 Å². The maximum absolute atomic E-state index is 12.5. The van der Waals surface area contributed by atoms with E-state index < -0.39 is 0 Å². The molecule has 1 aliphatic heterocycles. The molecule has 1 amide bonds. The summed E-state index contributed by atoms with van der Waals surface area (Å²) in [7, 11) is 1.66. The Morgan fingerprint density at radius 1 is 1.33 bits per heavy atom. The summed E-state index contributed by atoms with van der Waals surface area (Å²) in [5, 5.41) is 0. The average Bonchev–Trinajstić information content (AvgIpc) is 2.76. The Morgan fingerprint density at radius 2 is 2.04 bits per heavy atom. The normalized spacial score (nSPS) is 18.6. The number of likely N-dealkylation sites (tertiary alicyclic amines) is 1. The van der Waals surface area contributed by atoms with Crippen LogP contribution in [0.2, 0.25) is 0 Å². The lowest BCUT2D eigenvalue weighted by Crippen LogP contribution is -2.37. The van der Waals surface area contributed by atoms with Crippen LogP contribution in [0.25, 0.3) is 0 Å². The lowest BCUT2D eigenvalue weighted by atomic mass is 10.1. The SMILES string of the molecule is C=C(C)CN(CC)C1CCC(=O)N(Cc2ccc(OC)cc2)CC1. The highest BCUT2D eigenvalue weighted by atomic mass is 16.5. The summed E-state index contributed by atoms with van der Waals surface area (Å²) in [6.07, 6.45) is 2.61. The first kappa shape index (κ1) is 18.5. The number of rotatable bonds is 7. The molecule has 4 heteroatoms. The van der Waals surface area contributed by atoms with Crippen molar-refractivity contribution in [2.45, 2.75) is 45.7 Å². The zero-order valence-corrected chi connectivity index (χ0v) is 15.3. The summed E-state index contributed by atoms with van der Waals surface area (Å²) in [5.74, 6) is 1.11. The van der Waals surface area contributed by atoms with E-state index in [1.54, 1.807) is 7.11 Å². The van der Waals surface area contributed by atoms with Crippen LogP contribution < -0.4 is 4.74 Å². The van der Waals surface area contributed by atoms with Gasteiger partial charge in [0.05, 0.1) is 7.11 Å². The van der Waals surface area contributed by atoms with Gasteiger partial charge in [0.1, 0.15) is 5.75 Å². The van der Waals surface area contributed by atoms with Gasteiger partial charge in [0.2, 0.25) is 5.91 Å². The van der Waals surface area contributed by atoms with Crippen molar-refractivity contribution in [2.75, 3.05) is 26.7 Å². The fourth-order valence-electron chi connectivity index (χ4n) is 3.35. The topological polar surface area (TPSA) is 32.8 Å². The second-order valence-electron chi connectivity index (χ2n) is 6.66. The average molecular weight is 330 g/mol. The molecule has 1 aliphatic rings. The quantitative estimate of drug-likeness (QED) is 0.718. The van der Waals surface area contributed by atoms with Crippen LogP contribution in [0.1, 0.15) is 38.7 Å². The molecule has 1 unspecified atom stereocenters. The fourth-order valence-corrected chi connectivity index (χ4v) is 3.35. The third-order valence-electron chi connectivity index (χ3n) is 4.70. The molecule has 4 nitrogen and oxygen atoms in total. The first-order chi connectivity index (χ1) is 11.5. The van der Waals surface area contributed by atoms with E-state index in [4.69, 9.17) is 4.74 Å². The molecular formula is C20H30N2O2. The van der Waals surface area contributed by atoms with Crippen molar-refractivity contribution < 1.29 is 9.53 Å². The third kappa shape index (κ3) is 5.10. The van der Waals surface area contributed by atoms with Crippen molar-refractivity contribution in [3.63, 3.8) is 0 Å². The Labute approximate surface area is 146 Å². The molecule has 24 heavy (non-hydrogen) atoms. The zero-order valence-electron chi connectivity index (χ0n) is 15.3. The minimum absolute atomic E-state index is 0.264. The van der Waals surface area contributed by atoms with E-state index in [2.05, 4.69) is 25.3 Å². The second-order valence-corrected chi connectivity index (χ2v) is 6.66. The summed E-state index contributed by atoms with van der Waals surface area (Å²) in [6, 6.07) is 8.44. The van der Waals surface area contributed by atoms with Crippen molar-refractivity contribution in [3.05, 3.63) is 42.0 Å². The van der Waals surface area contributed by atoms with Crippen LogP contribution in [0.15, 0.2) is 36.4 Å². The van der Waals surface area contributed by atoms with Crippen LogP contribution >= 0.6 is 0 Å². The molecular weight excluding hydrogens is 300 g/mol. The standard InChI is InChI=1S/C20H30N2O2/c1-5-21(14-16(2)3)18-8-11-20(23)22(13-12-18)15-17-6-9-19(24-4)10-7-17/h6-7,9-10,18H,2,5,8,11-15H2,1,3-4H3. The number of ether oxygens (including phenoxy) is 1. The first-order valence-electron chi connectivity index (χ1n) is 8.82. The monoisotopic (exact) mass is 330 g/mol. The highest BCUT2D eigenvalue weighted by Crippen LogP contribution is 2.21. The van der Waals surface area contributed by atoms with E-state index in [-0.39, 0.29) is 5.91 Å². The molecule has 0 radical (unpaired) electrons. The number of benzene rings is 1. The first-order valence-corrected chi connectivity index (χ1v) is 8.82. The number of carbonyl (C=O) groups excluding carboxylic acids is 1. The highest BCUT2D eigenvalue weighted by molar-refractivity contribution is 5.76. The van der Waals surface area contributed by atoms with Crippen LogP contribution in [0.5, 0.6) is 5.75 Å². The van der Waals surface area contributed by atoms with Crippen molar-refractivity contribution >= 4 is 5.91 Å². The Balaban J connectivity index is 1.98. The maximum Gasteiger partial charge on any atom is 0.222 e. The lowest BCUT2D eigenvalue weighted by Gasteiger charge is -2.30. The molecule has 2 rings (SSSR count). The number of nitrogens with zero attached hydrogens (tertiary/aromatic N) is 2. The van der Waals surface area contributed by atoms with Crippen LogP contribution in [-0.2, 0) is 11.3 Å². The number of amides is 1. The second kappa shape index (κ2) is 8.88. The summed E-state index contributed by atoms with van der Waals surface area (Å²) in [4.78, 5) is 16.9. The van der Waals surface area contributed by atoms with Crippen LogP contribution in [0.4, 0.5) is 0 Å². The molecule has 132 valence electrons. The van der Waals surface area contributed by atoms with E-state index in [1.807, 2.05) is 29.2 Å². The third-order valence-corrected chi connectivity index (χ3v) is 4.70.